The number of esters is 2. The molecule has 0 saturated carbocycles. The minimum Gasteiger partial charge on any atom is -0.462 e. The van der Waals surface area contributed by atoms with Gasteiger partial charge in [0, 0.05) is 19.4 Å². The fourth-order valence-corrected chi connectivity index (χ4v) is 9.71. The van der Waals surface area contributed by atoms with E-state index in [9.17, 15) is 19.0 Å². The van der Waals surface area contributed by atoms with Gasteiger partial charge in [0.2, 0.25) is 0 Å². The summed E-state index contributed by atoms with van der Waals surface area (Å²) in [6.07, 6.45) is 69.7. The maximum absolute atomic E-state index is 12.7. The number of ether oxygens (including phenoxy) is 2. The van der Waals surface area contributed by atoms with Gasteiger partial charge in [-0.2, -0.15) is 0 Å². The first-order chi connectivity index (χ1) is 34.8. The summed E-state index contributed by atoms with van der Waals surface area (Å²) in [4.78, 5) is 35.0. The molecule has 0 rings (SSSR count). The molecule has 0 saturated heterocycles. The van der Waals surface area contributed by atoms with Gasteiger partial charge in [-0.3, -0.25) is 18.6 Å². The zero-order chi connectivity index (χ0) is 51.7. The molecular formula is C61H116NO8P. The third kappa shape index (κ3) is 57.4. The summed E-state index contributed by atoms with van der Waals surface area (Å²) in [7, 11) is -4.38. The number of hydrogen-bond acceptors (Lipinski definition) is 8. The van der Waals surface area contributed by atoms with Crippen LogP contribution < -0.4 is 5.73 Å². The van der Waals surface area contributed by atoms with Crippen molar-refractivity contribution < 1.29 is 37.6 Å². The van der Waals surface area contributed by atoms with E-state index < -0.39 is 26.5 Å². The minimum absolute atomic E-state index is 0.0542. The van der Waals surface area contributed by atoms with E-state index in [4.69, 9.17) is 24.3 Å². The van der Waals surface area contributed by atoms with E-state index in [1.165, 1.54) is 212 Å². The Kier molecular flexibility index (Phi) is 56.1. The van der Waals surface area contributed by atoms with Gasteiger partial charge in [0.05, 0.1) is 13.2 Å². The zero-order valence-electron chi connectivity index (χ0n) is 46.7. The first-order valence-electron chi connectivity index (χ1n) is 30.5. The van der Waals surface area contributed by atoms with Gasteiger partial charge < -0.3 is 20.1 Å². The molecule has 0 aliphatic heterocycles. The second kappa shape index (κ2) is 57.5. The normalized spacial score (nSPS) is 13.2. The van der Waals surface area contributed by atoms with E-state index in [1.54, 1.807) is 0 Å². The number of unbranched alkanes of at least 4 members (excludes halogenated alkanes) is 39. The first kappa shape index (κ1) is 69.2. The number of allylic oxidation sites excluding steroid dienone is 6. The van der Waals surface area contributed by atoms with Crippen LogP contribution in [0.2, 0.25) is 0 Å². The number of carbonyl (C=O) groups excluding carboxylic acids is 2. The van der Waals surface area contributed by atoms with Gasteiger partial charge in [0.15, 0.2) is 6.10 Å². The largest absolute Gasteiger partial charge is 0.472 e. The molecule has 0 fully saturated rings. The van der Waals surface area contributed by atoms with E-state index in [-0.39, 0.29) is 38.6 Å². The molecule has 10 heteroatoms. The number of rotatable bonds is 58. The maximum atomic E-state index is 12.7. The zero-order valence-corrected chi connectivity index (χ0v) is 47.6. The summed E-state index contributed by atoms with van der Waals surface area (Å²) in [6, 6.07) is 0. The van der Waals surface area contributed by atoms with E-state index >= 15 is 0 Å². The highest BCUT2D eigenvalue weighted by Crippen LogP contribution is 2.43. The van der Waals surface area contributed by atoms with Gasteiger partial charge >= 0.3 is 19.8 Å². The van der Waals surface area contributed by atoms with Crippen LogP contribution in [0, 0.1) is 0 Å². The number of nitrogens with two attached hydrogens (primary N) is 1. The molecule has 0 aromatic heterocycles. The van der Waals surface area contributed by atoms with Crippen LogP contribution in [-0.4, -0.2) is 49.3 Å². The smallest absolute Gasteiger partial charge is 0.462 e. The van der Waals surface area contributed by atoms with Crippen molar-refractivity contribution in [2.24, 2.45) is 5.73 Å². The van der Waals surface area contributed by atoms with Crippen LogP contribution in [0.15, 0.2) is 36.5 Å². The summed E-state index contributed by atoms with van der Waals surface area (Å²) in [5.41, 5.74) is 5.37. The minimum atomic E-state index is -4.38. The molecule has 2 unspecified atom stereocenters. The lowest BCUT2D eigenvalue weighted by molar-refractivity contribution is -0.161. The Balaban J connectivity index is 3.70. The van der Waals surface area contributed by atoms with Crippen molar-refractivity contribution in [1.29, 1.82) is 0 Å². The topological polar surface area (TPSA) is 134 Å². The molecule has 0 amide bonds. The standard InChI is InChI=1S/C61H116NO8P/c1-3-5-7-9-11-13-15-16-17-18-19-20-21-22-23-24-25-26-27-28-29-30-31-32-33-34-35-36-37-38-39-40-41-42-44-46-48-50-52-54-61(64)70-59(58-69-71(65,66)68-56-55-62)57-67-60(63)53-51-49-47-45-43-14-12-10-8-6-4-2/h10,12,15-16,18-19,59H,3-9,11,13-14,17,20-58,62H2,1-2H3,(H,65,66)/b12-10-,16-15-,19-18-. The lowest BCUT2D eigenvalue weighted by Gasteiger charge is -2.19. The molecule has 0 aromatic carbocycles. The number of hydrogen-bond donors (Lipinski definition) is 2. The Bertz CT molecular complexity index is 1260. The van der Waals surface area contributed by atoms with Crippen LogP contribution >= 0.6 is 7.82 Å². The van der Waals surface area contributed by atoms with Crippen LogP contribution in [0.3, 0.4) is 0 Å². The van der Waals surface area contributed by atoms with E-state index in [0.29, 0.717) is 6.42 Å². The second-order valence-corrected chi connectivity index (χ2v) is 22.0. The Morgan fingerprint density at radius 3 is 1.13 bits per heavy atom. The highest BCUT2D eigenvalue weighted by atomic mass is 31.2. The van der Waals surface area contributed by atoms with Gasteiger partial charge in [-0.05, 0) is 64.2 Å². The summed E-state index contributed by atoms with van der Waals surface area (Å²) in [5.74, 6) is -0.827. The number of phosphoric acid groups is 1. The molecule has 0 bridgehead atoms. The van der Waals surface area contributed by atoms with Crippen LogP contribution in [-0.2, 0) is 32.7 Å². The Labute approximate surface area is 439 Å². The summed E-state index contributed by atoms with van der Waals surface area (Å²) < 4.78 is 32.9. The van der Waals surface area contributed by atoms with Crippen molar-refractivity contribution in [2.75, 3.05) is 26.4 Å². The highest BCUT2D eigenvalue weighted by Gasteiger charge is 2.26. The molecule has 0 aromatic rings. The first-order valence-corrected chi connectivity index (χ1v) is 32.0. The maximum Gasteiger partial charge on any atom is 0.472 e. The van der Waals surface area contributed by atoms with Crippen molar-refractivity contribution in [3.8, 4) is 0 Å². The highest BCUT2D eigenvalue weighted by molar-refractivity contribution is 7.47. The Morgan fingerprint density at radius 2 is 0.746 bits per heavy atom. The Morgan fingerprint density at radius 1 is 0.423 bits per heavy atom. The van der Waals surface area contributed by atoms with Crippen LogP contribution in [0.4, 0.5) is 0 Å². The average molecular weight is 1020 g/mol. The van der Waals surface area contributed by atoms with Gasteiger partial charge in [0.1, 0.15) is 6.61 Å². The second-order valence-electron chi connectivity index (χ2n) is 20.6. The van der Waals surface area contributed by atoms with Gasteiger partial charge in [0.25, 0.3) is 0 Å². The van der Waals surface area contributed by atoms with Crippen molar-refractivity contribution in [1.82, 2.24) is 0 Å². The van der Waals surface area contributed by atoms with E-state index in [0.717, 1.165) is 64.2 Å². The predicted molar refractivity (Wildman–Crippen MR) is 303 cm³/mol. The van der Waals surface area contributed by atoms with Crippen LogP contribution in [0.25, 0.3) is 0 Å². The average Bonchev–Trinajstić information content (AvgIpc) is 3.36. The summed E-state index contributed by atoms with van der Waals surface area (Å²) in [6.45, 7) is 3.71. The SMILES string of the molecule is CCCC/C=C\CCCCCCCC(=O)OCC(COP(=O)(O)OCCN)OC(=O)CCCCCCCCCCCCCCCCCCCCCCCCCCCCC/C=C\C/C=C\CCCCCCC. The molecule has 71 heavy (non-hydrogen) atoms. The third-order valence-corrected chi connectivity index (χ3v) is 14.5. The molecule has 0 spiro atoms. The molecule has 418 valence electrons. The van der Waals surface area contributed by atoms with Crippen LogP contribution in [0.1, 0.15) is 309 Å². The molecule has 0 aliphatic carbocycles. The fraction of sp³-hybridized carbons (Fsp3) is 0.869. The molecule has 0 aliphatic rings. The summed E-state index contributed by atoms with van der Waals surface area (Å²) in [5, 5.41) is 0. The fourth-order valence-electron chi connectivity index (χ4n) is 8.94. The van der Waals surface area contributed by atoms with Gasteiger partial charge in [-0.1, -0.05) is 269 Å². The predicted octanol–water partition coefficient (Wildman–Crippen LogP) is 19.2. The van der Waals surface area contributed by atoms with Gasteiger partial charge in [-0.15, -0.1) is 0 Å². The van der Waals surface area contributed by atoms with Gasteiger partial charge in [-0.25, -0.2) is 4.57 Å². The summed E-state index contributed by atoms with van der Waals surface area (Å²) >= 11 is 0. The molecule has 0 radical (unpaired) electrons. The number of carbonyl (C=O) groups is 2. The molecule has 0 heterocycles. The van der Waals surface area contributed by atoms with Crippen molar-refractivity contribution in [3.63, 3.8) is 0 Å². The van der Waals surface area contributed by atoms with Crippen molar-refractivity contribution in [3.05, 3.63) is 36.5 Å². The lowest BCUT2D eigenvalue weighted by atomic mass is 10.0. The quantitative estimate of drug-likeness (QED) is 0.0264. The van der Waals surface area contributed by atoms with Crippen LogP contribution in [0.5, 0.6) is 0 Å². The molecular weight excluding hydrogens is 906 g/mol. The molecule has 2 atom stereocenters. The lowest BCUT2D eigenvalue weighted by Crippen LogP contribution is -2.29. The van der Waals surface area contributed by atoms with Crippen molar-refractivity contribution in [2.45, 2.75) is 315 Å². The monoisotopic (exact) mass is 1020 g/mol. The Hall–Kier alpha value is -1.77. The molecule has 3 N–H and O–H groups in total. The van der Waals surface area contributed by atoms with E-state index in [1.807, 2.05) is 0 Å². The third-order valence-electron chi connectivity index (χ3n) is 13.5. The van der Waals surface area contributed by atoms with Crippen molar-refractivity contribution >= 4 is 19.8 Å². The number of phosphoric ester groups is 1. The van der Waals surface area contributed by atoms with E-state index in [2.05, 4.69) is 50.3 Å². The molecule has 9 nitrogen and oxygen atoms in total.